The molecule has 0 aliphatic carbocycles. The SMILES string of the molecule is C=CCNC(=O)[C@H]1CCCN(C(=O)Nc2ccc(NC(=O)Nc3ccc(C)cc3)cc2)C1. The van der Waals surface area contributed by atoms with E-state index in [2.05, 4.69) is 27.8 Å². The normalized spacial score (nSPS) is 15.4. The molecule has 0 aromatic heterocycles. The average Bonchev–Trinajstić information content (AvgIpc) is 2.80. The Morgan fingerprint density at radius 2 is 1.53 bits per heavy atom. The molecular formula is C24H29N5O3. The highest BCUT2D eigenvalue weighted by Crippen LogP contribution is 2.19. The molecule has 3 rings (SSSR count). The standard InChI is InChI=1S/C24H29N5O3/c1-3-14-25-22(30)18-5-4-15-29(16-18)24(32)28-21-12-10-20(11-13-21)27-23(31)26-19-8-6-17(2)7-9-19/h3,6-13,18H,1,4-5,14-16H2,2H3,(H,25,30)(H,28,32)(H2,26,27,31)/t18-/m0/s1. The van der Waals surface area contributed by atoms with E-state index in [0.717, 1.165) is 18.4 Å². The summed E-state index contributed by atoms with van der Waals surface area (Å²) >= 11 is 0. The number of urea groups is 2. The monoisotopic (exact) mass is 435 g/mol. The molecular weight excluding hydrogens is 406 g/mol. The third kappa shape index (κ3) is 6.60. The minimum absolute atomic E-state index is 0.0539. The third-order valence-corrected chi connectivity index (χ3v) is 5.20. The number of carbonyl (C=O) groups is 3. The van der Waals surface area contributed by atoms with Crippen molar-refractivity contribution in [3.05, 3.63) is 66.7 Å². The van der Waals surface area contributed by atoms with Gasteiger partial charge in [-0.2, -0.15) is 0 Å². The Labute approximate surface area is 188 Å². The van der Waals surface area contributed by atoms with Gasteiger partial charge in [-0.1, -0.05) is 23.8 Å². The van der Waals surface area contributed by atoms with Gasteiger partial charge in [-0.15, -0.1) is 6.58 Å². The Bertz CT molecular complexity index is 957. The molecule has 0 spiro atoms. The van der Waals surface area contributed by atoms with Crippen molar-refractivity contribution in [3.63, 3.8) is 0 Å². The highest BCUT2D eigenvalue weighted by Gasteiger charge is 2.28. The first-order valence-electron chi connectivity index (χ1n) is 10.6. The van der Waals surface area contributed by atoms with Crippen LogP contribution < -0.4 is 21.3 Å². The molecule has 1 atom stereocenters. The van der Waals surface area contributed by atoms with E-state index in [1.54, 1.807) is 35.2 Å². The fraction of sp³-hybridized carbons (Fsp3) is 0.292. The number of piperidine rings is 1. The van der Waals surface area contributed by atoms with Crippen LogP contribution in [-0.4, -0.2) is 42.5 Å². The molecule has 32 heavy (non-hydrogen) atoms. The fourth-order valence-electron chi connectivity index (χ4n) is 3.46. The topological polar surface area (TPSA) is 103 Å². The van der Waals surface area contributed by atoms with Gasteiger partial charge in [0.25, 0.3) is 0 Å². The summed E-state index contributed by atoms with van der Waals surface area (Å²) in [6, 6.07) is 13.8. The Morgan fingerprint density at radius 3 is 2.12 bits per heavy atom. The predicted octanol–water partition coefficient (Wildman–Crippen LogP) is 4.19. The van der Waals surface area contributed by atoms with E-state index < -0.39 is 0 Å². The summed E-state index contributed by atoms with van der Waals surface area (Å²) < 4.78 is 0. The highest BCUT2D eigenvalue weighted by molar-refractivity contribution is 6.00. The number of hydrogen-bond donors (Lipinski definition) is 4. The maximum atomic E-state index is 12.6. The lowest BCUT2D eigenvalue weighted by atomic mass is 9.97. The van der Waals surface area contributed by atoms with E-state index in [0.29, 0.717) is 36.7 Å². The Hall–Kier alpha value is -3.81. The number of anilines is 3. The maximum absolute atomic E-state index is 12.6. The number of hydrogen-bond acceptors (Lipinski definition) is 3. The molecule has 1 heterocycles. The van der Waals surface area contributed by atoms with Gasteiger partial charge in [0.2, 0.25) is 5.91 Å². The van der Waals surface area contributed by atoms with Crippen molar-refractivity contribution in [1.82, 2.24) is 10.2 Å². The first kappa shape index (κ1) is 22.9. The Balaban J connectivity index is 1.49. The van der Waals surface area contributed by atoms with Gasteiger partial charge in [-0.3, -0.25) is 4.79 Å². The van der Waals surface area contributed by atoms with Crippen LogP contribution in [0.5, 0.6) is 0 Å². The van der Waals surface area contributed by atoms with Crippen LogP contribution in [0.2, 0.25) is 0 Å². The molecule has 5 amide bonds. The third-order valence-electron chi connectivity index (χ3n) is 5.20. The molecule has 2 aromatic rings. The summed E-state index contributed by atoms with van der Waals surface area (Å²) in [6.45, 7) is 6.99. The molecule has 4 N–H and O–H groups in total. The van der Waals surface area contributed by atoms with Crippen LogP contribution in [0, 0.1) is 12.8 Å². The summed E-state index contributed by atoms with van der Waals surface area (Å²) in [7, 11) is 0. The largest absolute Gasteiger partial charge is 0.352 e. The molecule has 1 aliphatic heterocycles. The minimum Gasteiger partial charge on any atom is -0.352 e. The summed E-state index contributed by atoms with van der Waals surface area (Å²) in [5, 5.41) is 11.2. The molecule has 1 fully saturated rings. The lowest BCUT2D eigenvalue weighted by Crippen LogP contribution is -2.46. The summed E-state index contributed by atoms with van der Waals surface area (Å²) in [6.07, 6.45) is 3.17. The number of benzene rings is 2. The highest BCUT2D eigenvalue weighted by atomic mass is 16.2. The van der Waals surface area contributed by atoms with Crippen molar-refractivity contribution in [2.75, 3.05) is 35.6 Å². The quantitative estimate of drug-likeness (QED) is 0.512. The number of rotatable bonds is 6. The van der Waals surface area contributed by atoms with E-state index in [1.807, 2.05) is 31.2 Å². The lowest BCUT2D eigenvalue weighted by molar-refractivity contribution is -0.126. The summed E-state index contributed by atoms with van der Waals surface area (Å²) in [5.41, 5.74) is 3.03. The smallest absolute Gasteiger partial charge is 0.323 e. The van der Waals surface area contributed by atoms with Gasteiger partial charge in [0.1, 0.15) is 0 Å². The number of likely N-dealkylation sites (tertiary alicyclic amines) is 1. The van der Waals surface area contributed by atoms with Gasteiger partial charge >= 0.3 is 12.1 Å². The van der Waals surface area contributed by atoms with Gasteiger partial charge in [0.15, 0.2) is 0 Å². The molecule has 0 radical (unpaired) electrons. The van der Waals surface area contributed by atoms with Crippen molar-refractivity contribution in [2.24, 2.45) is 5.92 Å². The number of nitrogens with one attached hydrogen (secondary N) is 4. The second-order valence-corrected chi connectivity index (χ2v) is 7.77. The number of carbonyl (C=O) groups excluding carboxylic acids is 3. The van der Waals surface area contributed by atoms with Crippen LogP contribution in [-0.2, 0) is 4.79 Å². The Morgan fingerprint density at radius 1 is 0.969 bits per heavy atom. The second-order valence-electron chi connectivity index (χ2n) is 7.77. The lowest BCUT2D eigenvalue weighted by Gasteiger charge is -2.32. The molecule has 168 valence electrons. The molecule has 0 bridgehead atoms. The molecule has 2 aromatic carbocycles. The van der Waals surface area contributed by atoms with Crippen LogP contribution in [0.1, 0.15) is 18.4 Å². The van der Waals surface area contributed by atoms with E-state index in [-0.39, 0.29) is 23.9 Å². The minimum atomic E-state index is -0.347. The first-order chi connectivity index (χ1) is 15.4. The van der Waals surface area contributed by atoms with Crippen LogP contribution in [0.25, 0.3) is 0 Å². The zero-order chi connectivity index (χ0) is 22.9. The number of aryl methyl sites for hydroxylation is 1. The van der Waals surface area contributed by atoms with Crippen LogP contribution >= 0.6 is 0 Å². The molecule has 0 unspecified atom stereocenters. The molecule has 8 nitrogen and oxygen atoms in total. The molecule has 1 saturated heterocycles. The number of amides is 5. The summed E-state index contributed by atoms with van der Waals surface area (Å²) in [4.78, 5) is 38.6. The van der Waals surface area contributed by atoms with Crippen molar-refractivity contribution < 1.29 is 14.4 Å². The van der Waals surface area contributed by atoms with E-state index in [4.69, 9.17) is 0 Å². The zero-order valence-electron chi connectivity index (χ0n) is 18.2. The molecule has 0 saturated carbocycles. The van der Waals surface area contributed by atoms with Crippen molar-refractivity contribution >= 4 is 35.0 Å². The van der Waals surface area contributed by atoms with E-state index in [1.165, 1.54) is 0 Å². The molecule has 1 aliphatic rings. The van der Waals surface area contributed by atoms with Crippen LogP contribution in [0.3, 0.4) is 0 Å². The average molecular weight is 436 g/mol. The van der Waals surface area contributed by atoms with Crippen LogP contribution in [0.15, 0.2) is 61.2 Å². The van der Waals surface area contributed by atoms with Crippen molar-refractivity contribution in [2.45, 2.75) is 19.8 Å². The van der Waals surface area contributed by atoms with Gasteiger partial charge < -0.3 is 26.2 Å². The van der Waals surface area contributed by atoms with Gasteiger partial charge in [-0.25, -0.2) is 9.59 Å². The number of nitrogens with zero attached hydrogens (tertiary/aromatic N) is 1. The van der Waals surface area contributed by atoms with E-state index in [9.17, 15) is 14.4 Å². The maximum Gasteiger partial charge on any atom is 0.323 e. The summed E-state index contributed by atoms with van der Waals surface area (Å²) in [5.74, 6) is -0.269. The van der Waals surface area contributed by atoms with Crippen molar-refractivity contribution in [3.8, 4) is 0 Å². The van der Waals surface area contributed by atoms with Gasteiger partial charge in [0.05, 0.1) is 5.92 Å². The van der Waals surface area contributed by atoms with E-state index >= 15 is 0 Å². The van der Waals surface area contributed by atoms with Gasteiger partial charge in [-0.05, 0) is 56.2 Å². The second kappa shape index (κ2) is 11.0. The van der Waals surface area contributed by atoms with Gasteiger partial charge in [0, 0.05) is 36.7 Å². The fourth-order valence-corrected chi connectivity index (χ4v) is 3.46. The zero-order valence-corrected chi connectivity index (χ0v) is 18.2. The van der Waals surface area contributed by atoms with Crippen molar-refractivity contribution in [1.29, 1.82) is 0 Å². The predicted molar refractivity (Wildman–Crippen MR) is 127 cm³/mol. The molecule has 8 heteroatoms. The Kier molecular flexibility index (Phi) is 7.85. The first-order valence-corrected chi connectivity index (χ1v) is 10.6. The van der Waals surface area contributed by atoms with Crippen LogP contribution in [0.4, 0.5) is 26.7 Å².